The van der Waals surface area contributed by atoms with Gasteiger partial charge < -0.3 is 19.5 Å². The molecular weight excluding hydrogens is 266 g/mol. The minimum Gasteiger partial charge on any atom is -0.493 e. The molecule has 1 aliphatic heterocycles. The van der Waals surface area contributed by atoms with Crippen molar-refractivity contribution < 1.29 is 14.2 Å². The lowest BCUT2D eigenvalue weighted by atomic mass is 10.1. The lowest BCUT2D eigenvalue weighted by Gasteiger charge is -2.23. The molecule has 0 saturated carbocycles. The molecule has 1 fully saturated rings. The van der Waals surface area contributed by atoms with Crippen LogP contribution in [0.1, 0.15) is 25.3 Å². The van der Waals surface area contributed by atoms with Crippen molar-refractivity contribution in [2.45, 2.75) is 32.4 Å². The maximum atomic E-state index is 5.74. The fourth-order valence-electron chi connectivity index (χ4n) is 2.31. The van der Waals surface area contributed by atoms with Crippen molar-refractivity contribution in [2.75, 3.05) is 26.9 Å². The Morgan fingerprint density at radius 2 is 2.29 bits per heavy atom. The summed E-state index contributed by atoms with van der Waals surface area (Å²) < 4.78 is 16.6. The van der Waals surface area contributed by atoms with Crippen molar-refractivity contribution in [1.82, 2.24) is 5.32 Å². The van der Waals surface area contributed by atoms with Crippen LogP contribution in [-0.2, 0) is 11.3 Å². The first-order chi connectivity index (χ1) is 10.2. The van der Waals surface area contributed by atoms with Gasteiger partial charge in [-0.25, -0.2) is 0 Å². The van der Waals surface area contributed by atoms with Crippen molar-refractivity contribution in [2.24, 2.45) is 0 Å². The van der Waals surface area contributed by atoms with E-state index >= 15 is 0 Å². The molecule has 1 atom stereocenters. The van der Waals surface area contributed by atoms with Crippen LogP contribution >= 0.6 is 0 Å². The van der Waals surface area contributed by atoms with E-state index in [1.54, 1.807) is 7.11 Å². The van der Waals surface area contributed by atoms with E-state index in [-0.39, 0.29) is 0 Å². The van der Waals surface area contributed by atoms with Crippen molar-refractivity contribution in [3.63, 3.8) is 0 Å². The van der Waals surface area contributed by atoms with E-state index in [0.29, 0.717) is 12.6 Å². The zero-order valence-corrected chi connectivity index (χ0v) is 13.0. The molecule has 1 unspecified atom stereocenters. The Kier molecular flexibility index (Phi) is 6.08. The minimum atomic E-state index is 0.445. The maximum Gasteiger partial charge on any atom is 0.161 e. The van der Waals surface area contributed by atoms with Crippen LogP contribution in [0.2, 0.25) is 0 Å². The largest absolute Gasteiger partial charge is 0.493 e. The Hall–Kier alpha value is -1.52. The summed E-state index contributed by atoms with van der Waals surface area (Å²) in [5.41, 5.74) is 2.16. The molecule has 4 heteroatoms. The van der Waals surface area contributed by atoms with Crippen LogP contribution in [-0.4, -0.2) is 33.0 Å². The van der Waals surface area contributed by atoms with Crippen LogP contribution < -0.4 is 14.8 Å². The molecule has 0 amide bonds. The third-order valence-electron chi connectivity index (χ3n) is 3.46. The molecule has 1 aromatic rings. The first-order valence-electron chi connectivity index (χ1n) is 7.44. The third-order valence-corrected chi connectivity index (χ3v) is 3.46. The van der Waals surface area contributed by atoms with E-state index in [2.05, 4.69) is 18.0 Å². The second-order valence-electron chi connectivity index (χ2n) is 5.53. The van der Waals surface area contributed by atoms with Crippen molar-refractivity contribution in [3.05, 3.63) is 35.9 Å². The van der Waals surface area contributed by atoms with Gasteiger partial charge in [0.1, 0.15) is 6.61 Å². The summed E-state index contributed by atoms with van der Waals surface area (Å²) in [6.07, 6.45) is 2.31. The number of nitrogens with one attached hydrogen (secondary N) is 1. The van der Waals surface area contributed by atoms with Crippen molar-refractivity contribution in [1.29, 1.82) is 0 Å². The van der Waals surface area contributed by atoms with E-state index in [4.69, 9.17) is 14.2 Å². The molecule has 4 nitrogen and oxygen atoms in total. The van der Waals surface area contributed by atoms with Gasteiger partial charge in [0.25, 0.3) is 0 Å². The fraction of sp³-hybridized carbons (Fsp3) is 0.529. The molecule has 21 heavy (non-hydrogen) atoms. The molecule has 1 saturated heterocycles. The molecule has 0 aliphatic carbocycles. The monoisotopic (exact) mass is 291 g/mol. The zero-order valence-electron chi connectivity index (χ0n) is 13.0. The van der Waals surface area contributed by atoms with Crippen molar-refractivity contribution in [3.8, 4) is 11.5 Å². The van der Waals surface area contributed by atoms with Crippen LogP contribution in [0.4, 0.5) is 0 Å². The zero-order chi connectivity index (χ0) is 15.1. The van der Waals surface area contributed by atoms with Crippen LogP contribution in [0.3, 0.4) is 0 Å². The highest BCUT2D eigenvalue weighted by Crippen LogP contribution is 2.28. The maximum absolute atomic E-state index is 5.74. The molecule has 1 aromatic carbocycles. The molecule has 116 valence electrons. The van der Waals surface area contributed by atoms with Crippen LogP contribution in [0.15, 0.2) is 30.4 Å². The highest BCUT2D eigenvalue weighted by molar-refractivity contribution is 5.43. The van der Waals surface area contributed by atoms with Crippen molar-refractivity contribution >= 4 is 0 Å². The molecule has 1 N–H and O–H groups in total. The molecule has 2 rings (SSSR count). The Labute approximate surface area is 127 Å². The second kappa shape index (κ2) is 8.05. The van der Waals surface area contributed by atoms with Gasteiger partial charge in [-0.05, 0) is 43.0 Å². The predicted octanol–water partition coefficient (Wildman–Crippen LogP) is 2.92. The summed E-state index contributed by atoms with van der Waals surface area (Å²) >= 11 is 0. The Morgan fingerprint density at radius 1 is 1.43 bits per heavy atom. The molecule has 0 spiro atoms. The molecular formula is C17H25NO3. The average Bonchev–Trinajstić information content (AvgIpc) is 2.52. The van der Waals surface area contributed by atoms with Gasteiger partial charge in [-0.3, -0.25) is 0 Å². The number of ether oxygens (including phenoxy) is 3. The van der Waals surface area contributed by atoms with Gasteiger partial charge in [0.05, 0.1) is 13.7 Å². The molecule has 1 heterocycles. The van der Waals surface area contributed by atoms with E-state index in [0.717, 1.165) is 43.3 Å². The van der Waals surface area contributed by atoms with E-state index in [1.807, 2.05) is 19.1 Å². The molecule has 0 radical (unpaired) electrons. The highest BCUT2D eigenvalue weighted by atomic mass is 16.5. The van der Waals surface area contributed by atoms with E-state index in [9.17, 15) is 0 Å². The summed E-state index contributed by atoms with van der Waals surface area (Å²) in [7, 11) is 1.65. The quantitative estimate of drug-likeness (QED) is 0.784. The van der Waals surface area contributed by atoms with Crippen LogP contribution in [0.25, 0.3) is 0 Å². The van der Waals surface area contributed by atoms with Gasteiger partial charge in [0.2, 0.25) is 0 Å². The molecule has 0 aromatic heterocycles. The Bertz CT molecular complexity index is 467. The number of methoxy groups -OCH3 is 1. The van der Waals surface area contributed by atoms with Gasteiger partial charge in [-0.15, -0.1) is 0 Å². The lowest BCUT2D eigenvalue weighted by Crippen LogP contribution is -2.36. The first kappa shape index (κ1) is 15.9. The van der Waals surface area contributed by atoms with E-state index < -0.39 is 0 Å². The number of benzene rings is 1. The third kappa shape index (κ3) is 5.06. The Morgan fingerprint density at radius 3 is 2.95 bits per heavy atom. The number of rotatable bonds is 7. The summed E-state index contributed by atoms with van der Waals surface area (Å²) in [5, 5.41) is 3.53. The summed E-state index contributed by atoms with van der Waals surface area (Å²) in [6.45, 7) is 8.80. The summed E-state index contributed by atoms with van der Waals surface area (Å²) in [6, 6.07) is 6.48. The summed E-state index contributed by atoms with van der Waals surface area (Å²) in [5.74, 6) is 1.51. The highest BCUT2D eigenvalue weighted by Gasteiger charge is 2.13. The topological polar surface area (TPSA) is 39.7 Å². The summed E-state index contributed by atoms with van der Waals surface area (Å²) in [4.78, 5) is 0. The van der Waals surface area contributed by atoms with E-state index in [1.165, 1.54) is 12.0 Å². The van der Waals surface area contributed by atoms with Gasteiger partial charge in [0, 0.05) is 19.2 Å². The normalized spacial score (nSPS) is 18.3. The lowest BCUT2D eigenvalue weighted by molar-refractivity contribution is 0.0699. The van der Waals surface area contributed by atoms with Crippen LogP contribution in [0, 0.1) is 0 Å². The van der Waals surface area contributed by atoms with Crippen LogP contribution in [0.5, 0.6) is 11.5 Å². The number of hydrogen-bond acceptors (Lipinski definition) is 4. The number of hydrogen-bond donors (Lipinski definition) is 1. The Balaban J connectivity index is 1.95. The first-order valence-corrected chi connectivity index (χ1v) is 7.44. The average molecular weight is 291 g/mol. The van der Waals surface area contributed by atoms with Gasteiger partial charge in [-0.2, -0.15) is 0 Å². The van der Waals surface area contributed by atoms with Gasteiger partial charge >= 0.3 is 0 Å². The van der Waals surface area contributed by atoms with Gasteiger partial charge in [-0.1, -0.05) is 12.6 Å². The molecule has 1 aliphatic rings. The minimum absolute atomic E-state index is 0.445. The SMILES string of the molecule is C=C(C)COc1cc(CNC2CCCOC2)ccc1OC. The second-order valence-corrected chi connectivity index (χ2v) is 5.53. The molecule has 0 bridgehead atoms. The fourth-order valence-corrected chi connectivity index (χ4v) is 2.31. The predicted molar refractivity (Wildman–Crippen MR) is 84.0 cm³/mol. The smallest absolute Gasteiger partial charge is 0.161 e. The standard InChI is InChI=1S/C17H25NO3/c1-13(2)11-21-17-9-14(6-7-16(17)19-3)10-18-15-5-4-8-20-12-15/h6-7,9,15,18H,1,4-5,8,10-12H2,2-3H3. The van der Waals surface area contributed by atoms with Gasteiger partial charge in [0.15, 0.2) is 11.5 Å².